The Kier molecular flexibility index (Phi) is 3.93. The molecule has 0 saturated carbocycles. The molecule has 1 aromatic heterocycles. The Morgan fingerprint density at radius 3 is 2.89 bits per heavy atom. The van der Waals surface area contributed by atoms with Crippen LogP contribution in [-0.2, 0) is 11.3 Å². The maximum Gasteiger partial charge on any atom is 0.140 e. The average Bonchev–Trinajstić information content (AvgIpc) is 2.70. The maximum atomic E-state index is 13.3. The van der Waals surface area contributed by atoms with E-state index in [1.165, 1.54) is 12.1 Å². The number of methoxy groups -OCH3 is 1. The first-order valence-corrected chi connectivity index (χ1v) is 6.09. The summed E-state index contributed by atoms with van der Waals surface area (Å²) in [6.07, 6.45) is 0.683. The van der Waals surface area contributed by atoms with Gasteiger partial charge < -0.3 is 15.0 Å². The Morgan fingerprint density at radius 1 is 1.50 bits per heavy atom. The predicted octanol–water partition coefficient (Wildman–Crippen LogP) is 2.23. The van der Waals surface area contributed by atoms with Crippen molar-refractivity contribution in [3.05, 3.63) is 29.8 Å². The maximum absolute atomic E-state index is 13.3. The number of rotatable bonds is 5. The first-order chi connectivity index (χ1) is 8.71. The van der Waals surface area contributed by atoms with Gasteiger partial charge in [-0.2, -0.15) is 0 Å². The van der Waals surface area contributed by atoms with Crippen molar-refractivity contribution in [2.24, 2.45) is 5.73 Å². The third-order valence-electron chi connectivity index (χ3n) is 2.97. The second-order valence-corrected chi connectivity index (χ2v) is 4.21. The molecule has 0 amide bonds. The fraction of sp³-hybridized carbons (Fsp3) is 0.462. The molecule has 18 heavy (non-hydrogen) atoms. The molecule has 98 valence electrons. The van der Waals surface area contributed by atoms with E-state index >= 15 is 0 Å². The van der Waals surface area contributed by atoms with Gasteiger partial charge in [0.25, 0.3) is 0 Å². The number of imidazole rings is 1. The van der Waals surface area contributed by atoms with Crippen LogP contribution in [-0.4, -0.2) is 23.2 Å². The van der Waals surface area contributed by atoms with Crippen molar-refractivity contribution in [2.75, 3.05) is 13.7 Å². The third kappa shape index (κ3) is 2.23. The standard InChI is InChI=1S/C13H18FN3O/c1-3-6-17-11-7-9(14)4-5-10(11)16-13(17)12(8-15)18-2/h4-5,7,12H,3,6,8,15H2,1-2H3. The first-order valence-electron chi connectivity index (χ1n) is 6.09. The van der Waals surface area contributed by atoms with Crippen molar-refractivity contribution in [1.82, 2.24) is 9.55 Å². The number of hydrogen-bond acceptors (Lipinski definition) is 3. The Labute approximate surface area is 106 Å². The summed E-state index contributed by atoms with van der Waals surface area (Å²) < 4.78 is 20.6. The van der Waals surface area contributed by atoms with Crippen LogP contribution in [0.4, 0.5) is 4.39 Å². The molecule has 5 heteroatoms. The van der Waals surface area contributed by atoms with E-state index in [1.807, 2.05) is 4.57 Å². The number of hydrogen-bond donors (Lipinski definition) is 1. The number of aryl methyl sites for hydroxylation is 1. The fourth-order valence-electron chi connectivity index (χ4n) is 2.13. The number of nitrogens with zero attached hydrogens (tertiary/aromatic N) is 2. The summed E-state index contributed by atoms with van der Waals surface area (Å²) in [6.45, 7) is 3.19. The quantitative estimate of drug-likeness (QED) is 0.886. The van der Waals surface area contributed by atoms with Gasteiger partial charge in [-0.3, -0.25) is 0 Å². The Morgan fingerprint density at radius 2 is 2.28 bits per heavy atom. The predicted molar refractivity (Wildman–Crippen MR) is 68.8 cm³/mol. The summed E-state index contributed by atoms with van der Waals surface area (Å²) in [4.78, 5) is 4.51. The van der Waals surface area contributed by atoms with Gasteiger partial charge in [0.05, 0.1) is 11.0 Å². The van der Waals surface area contributed by atoms with Gasteiger partial charge in [-0.05, 0) is 24.6 Å². The van der Waals surface area contributed by atoms with Crippen LogP contribution in [0.25, 0.3) is 11.0 Å². The van der Waals surface area contributed by atoms with E-state index in [2.05, 4.69) is 11.9 Å². The number of fused-ring (bicyclic) bond motifs is 1. The zero-order valence-electron chi connectivity index (χ0n) is 10.7. The van der Waals surface area contributed by atoms with Gasteiger partial charge in [0.2, 0.25) is 0 Å². The highest BCUT2D eigenvalue weighted by atomic mass is 19.1. The molecule has 0 fully saturated rings. The van der Waals surface area contributed by atoms with Gasteiger partial charge in [-0.15, -0.1) is 0 Å². The summed E-state index contributed by atoms with van der Waals surface area (Å²) in [5.41, 5.74) is 7.25. The van der Waals surface area contributed by atoms with Crippen molar-refractivity contribution >= 4 is 11.0 Å². The van der Waals surface area contributed by atoms with Crippen LogP contribution in [0.15, 0.2) is 18.2 Å². The van der Waals surface area contributed by atoms with E-state index in [4.69, 9.17) is 10.5 Å². The minimum absolute atomic E-state index is 0.256. The number of nitrogens with two attached hydrogens (primary N) is 1. The molecule has 1 heterocycles. The lowest BCUT2D eigenvalue weighted by Gasteiger charge is -2.15. The summed E-state index contributed by atoms with van der Waals surface area (Å²) >= 11 is 0. The van der Waals surface area contributed by atoms with Crippen LogP contribution < -0.4 is 5.73 Å². The minimum Gasteiger partial charge on any atom is -0.372 e. The molecule has 2 rings (SSSR count). The first kappa shape index (κ1) is 13.0. The van der Waals surface area contributed by atoms with Crippen LogP contribution in [0.3, 0.4) is 0 Å². The van der Waals surface area contributed by atoms with Gasteiger partial charge in [0.15, 0.2) is 0 Å². The molecule has 2 N–H and O–H groups in total. The van der Waals surface area contributed by atoms with E-state index in [-0.39, 0.29) is 11.9 Å². The van der Waals surface area contributed by atoms with E-state index < -0.39 is 0 Å². The molecule has 4 nitrogen and oxygen atoms in total. The molecular weight excluding hydrogens is 233 g/mol. The summed E-state index contributed by atoms with van der Waals surface area (Å²) in [6, 6.07) is 4.61. The summed E-state index contributed by atoms with van der Waals surface area (Å²) in [5, 5.41) is 0. The molecule has 0 saturated heterocycles. The van der Waals surface area contributed by atoms with Crippen LogP contribution in [0, 0.1) is 5.82 Å². The van der Waals surface area contributed by atoms with Crippen molar-refractivity contribution in [1.29, 1.82) is 0 Å². The van der Waals surface area contributed by atoms with E-state index in [0.29, 0.717) is 6.54 Å². The SMILES string of the molecule is CCCn1c(C(CN)OC)nc2ccc(F)cc21. The number of aromatic nitrogens is 2. The molecule has 0 bridgehead atoms. The molecular formula is C13H18FN3O. The molecule has 1 atom stereocenters. The van der Waals surface area contributed by atoms with Gasteiger partial charge >= 0.3 is 0 Å². The van der Waals surface area contributed by atoms with Crippen LogP contribution in [0.2, 0.25) is 0 Å². The van der Waals surface area contributed by atoms with E-state index in [0.717, 1.165) is 29.8 Å². The summed E-state index contributed by atoms with van der Waals surface area (Å²) in [5.74, 6) is 0.510. The third-order valence-corrected chi connectivity index (χ3v) is 2.97. The number of halogens is 1. The summed E-state index contributed by atoms with van der Waals surface area (Å²) in [7, 11) is 1.60. The average molecular weight is 251 g/mol. The Hall–Kier alpha value is -1.46. The highest BCUT2D eigenvalue weighted by Gasteiger charge is 2.18. The van der Waals surface area contributed by atoms with Crippen molar-refractivity contribution in [3.63, 3.8) is 0 Å². The monoisotopic (exact) mass is 251 g/mol. The normalized spacial score (nSPS) is 13.1. The molecule has 0 spiro atoms. The van der Waals surface area contributed by atoms with Crippen molar-refractivity contribution in [3.8, 4) is 0 Å². The molecule has 0 radical (unpaired) electrons. The zero-order valence-corrected chi connectivity index (χ0v) is 10.7. The topological polar surface area (TPSA) is 53.1 Å². The second-order valence-electron chi connectivity index (χ2n) is 4.21. The van der Waals surface area contributed by atoms with Crippen LogP contribution in [0.5, 0.6) is 0 Å². The lowest BCUT2D eigenvalue weighted by molar-refractivity contribution is 0.100. The number of ether oxygens (including phenoxy) is 1. The van der Waals surface area contributed by atoms with Gasteiger partial charge in [0, 0.05) is 20.2 Å². The number of benzene rings is 1. The molecule has 1 unspecified atom stereocenters. The van der Waals surface area contributed by atoms with Gasteiger partial charge in [0.1, 0.15) is 17.7 Å². The van der Waals surface area contributed by atoms with E-state index in [9.17, 15) is 4.39 Å². The molecule has 1 aromatic carbocycles. The molecule has 0 aliphatic rings. The van der Waals surface area contributed by atoms with Gasteiger partial charge in [-0.25, -0.2) is 9.37 Å². The lowest BCUT2D eigenvalue weighted by atomic mass is 10.3. The van der Waals surface area contributed by atoms with Gasteiger partial charge in [-0.1, -0.05) is 6.92 Å². The highest BCUT2D eigenvalue weighted by Crippen LogP contribution is 2.23. The van der Waals surface area contributed by atoms with Crippen molar-refractivity contribution in [2.45, 2.75) is 26.0 Å². The second kappa shape index (κ2) is 5.46. The molecule has 0 aliphatic heterocycles. The van der Waals surface area contributed by atoms with Crippen LogP contribution >= 0.6 is 0 Å². The minimum atomic E-state index is -0.257. The zero-order chi connectivity index (χ0) is 13.1. The largest absolute Gasteiger partial charge is 0.372 e. The smallest absolute Gasteiger partial charge is 0.140 e. The Bertz CT molecular complexity index is 534. The lowest BCUT2D eigenvalue weighted by Crippen LogP contribution is -2.19. The van der Waals surface area contributed by atoms with Crippen molar-refractivity contribution < 1.29 is 9.13 Å². The fourth-order valence-corrected chi connectivity index (χ4v) is 2.13. The Balaban J connectivity index is 2.60. The van der Waals surface area contributed by atoms with E-state index in [1.54, 1.807) is 13.2 Å². The van der Waals surface area contributed by atoms with Crippen LogP contribution in [0.1, 0.15) is 25.3 Å². The molecule has 2 aromatic rings. The highest BCUT2D eigenvalue weighted by molar-refractivity contribution is 5.76. The molecule has 0 aliphatic carbocycles.